The van der Waals surface area contributed by atoms with Gasteiger partial charge in [0.1, 0.15) is 11.4 Å². The van der Waals surface area contributed by atoms with E-state index in [1.54, 1.807) is 18.7 Å². The number of carbonyl (C=O) groups is 1. The Labute approximate surface area is 161 Å². The third kappa shape index (κ3) is 4.50. The van der Waals surface area contributed by atoms with Gasteiger partial charge in [-0.3, -0.25) is 4.90 Å². The standard InChI is InChI=1S/C21H29N3O3/c1-5-23(12-17-8-11-26-14-17)18-7-10-24(13-18)20-19(16(4)6-9-22-20)21(25)27-15(2)3/h6,8-9,11,14-15,18H,5,7,10,12-13H2,1-4H3/t18-/m1/s1. The number of hydrogen-bond donors (Lipinski definition) is 0. The number of carbonyl (C=O) groups excluding carboxylic acids is 1. The number of likely N-dealkylation sites (N-methyl/N-ethyl adjacent to an activating group) is 1. The van der Waals surface area contributed by atoms with Crippen molar-refractivity contribution in [1.29, 1.82) is 0 Å². The van der Waals surface area contributed by atoms with Gasteiger partial charge < -0.3 is 14.1 Å². The monoisotopic (exact) mass is 371 g/mol. The van der Waals surface area contributed by atoms with Crippen LogP contribution in [0, 0.1) is 6.92 Å². The maximum Gasteiger partial charge on any atom is 0.342 e. The molecule has 1 atom stereocenters. The van der Waals surface area contributed by atoms with Crippen LogP contribution in [0.5, 0.6) is 0 Å². The first-order valence-electron chi connectivity index (χ1n) is 9.66. The van der Waals surface area contributed by atoms with Crippen molar-refractivity contribution in [3.63, 3.8) is 0 Å². The molecule has 1 aliphatic rings. The first kappa shape index (κ1) is 19.4. The van der Waals surface area contributed by atoms with Crippen LogP contribution in [-0.4, -0.2) is 47.6 Å². The molecule has 2 aromatic rings. The van der Waals surface area contributed by atoms with Gasteiger partial charge in [-0.1, -0.05) is 6.92 Å². The number of nitrogens with zero attached hydrogens (tertiary/aromatic N) is 3. The molecule has 0 bridgehead atoms. The van der Waals surface area contributed by atoms with E-state index < -0.39 is 0 Å². The number of esters is 1. The summed E-state index contributed by atoms with van der Waals surface area (Å²) in [6.07, 6.45) is 6.18. The molecule has 0 aromatic carbocycles. The summed E-state index contributed by atoms with van der Waals surface area (Å²) in [7, 11) is 0. The lowest BCUT2D eigenvalue weighted by atomic mass is 10.1. The first-order chi connectivity index (χ1) is 13.0. The lowest BCUT2D eigenvalue weighted by molar-refractivity contribution is 0.0377. The lowest BCUT2D eigenvalue weighted by Gasteiger charge is -2.28. The SMILES string of the molecule is CCN(Cc1ccoc1)[C@@H]1CCN(c2nccc(C)c2C(=O)OC(C)C)C1. The second-order valence-electron chi connectivity index (χ2n) is 7.36. The van der Waals surface area contributed by atoms with Crippen molar-refractivity contribution in [1.82, 2.24) is 9.88 Å². The fourth-order valence-corrected chi connectivity index (χ4v) is 3.66. The summed E-state index contributed by atoms with van der Waals surface area (Å²) in [6, 6.07) is 4.30. The number of pyridine rings is 1. The summed E-state index contributed by atoms with van der Waals surface area (Å²) in [6.45, 7) is 11.4. The van der Waals surface area contributed by atoms with Crippen LogP contribution >= 0.6 is 0 Å². The number of hydrogen-bond acceptors (Lipinski definition) is 6. The zero-order chi connectivity index (χ0) is 19.4. The van der Waals surface area contributed by atoms with Gasteiger partial charge >= 0.3 is 5.97 Å². The van der Waals surface area contributed by atoms with Crippen LogP contribution in [0.4, 0.5) is 5.82 Å². The van der Waals surface area contributed by atoms with Crippen molar-refractivity contribution in [2.75, 3.05) is 24.5 Å². The highest BCUT2D eigenvalue weighted by atomic mass is 16.5. The van der Waals surface area contributed by atoms with Crippen LogP contribution < -0.4 is 4.90 Å². The highest BCUT2D eigenvalue weighted by Crippen LogP contribution is 2.28. The number of anilines is 1. The van der Waals surface area contributed by atoms with Gasteiger partial charge in [0.2, 0.25) is 0 Å². The lowest BCUT2D eigenvalue weighted by Crippen LogP contribution is -2.37. The Hall–Kier alpha value is -2.34. The maximum absolute atomic E-state index is 12.6. The minimum absolute atomic E-state index is 0.151. The third-order valence-electron chi connectivity index (χ3n) is 5.04. The summed E-state index contributed by atoms with van der Waals surface area (Å²) >= 11 is 0. The van der Waals surface area contributed by atoms with Crippen molar-refractivity contribution in [2.45, 2.75) is 52.8 Å². The highest BCUT2D eigenvalue weighted by Gasteiger charge is 2.31. The molecular formula is C21H29N3O3. The molecule has 0 radical (unpaired) electrons. The second-order valence-corrected chi connectivity index (χ2v) is 7.36. The predicted molar refractivity (Wildman–Crippen MR) is 105 cm³/mol. The molecule has 3 rings (SSSR count). The van der Waals surface area contributed by atoms with Crippen molar-refractivity contribution < 1.29 is 13.9 Å². The van der Waals surface area contributed by atoms with Crippen molar-refractivity contribution in [3.05, 3.63) is 47.5 Å². The molecule has 1 saturated heterocycles. The Morgan fingerprint density at radius 2 is 2.26 bits per heavy atom. The van der Waals surface area contributed by atoms with Gasteiger partial charge in [-0.15, -0.1) is 0 Å². The van der Waals surface area contributed by atoms with Crippen LogP contribution in [0.15, 0.2) is 35.3 Å². The number of aromatic nitrogens is 1. The van der Waals surface area contributed by atoms with Crippen LogP contribution in [0.25, 0.3) is 0 Å². The predicted octanol–water partition coefficient (Wildman–Crippen LogP) is 3.65. The van der Waals surface area contributed by atoms with E-state index in [1.165, 1.54) is 5.56 Å². The van der Waals surface area contributed by atoms with Gasteiger partial charge in [0, 0.05) is 37.4 Å². The van der Waals surface area contributed by atoms with Crippen LogP contribution in [-0.2, 0) is 11.3 Å². The minimum atomic E-state index is -0.292. The van der Waals surface area contributed by atoms with Gasteiger partial charge in [-0.25, -0.2) is 9.78 Å². The fraction of sp³-hybridized carbons (Fsp3) is 0.524. The normalized spacial score (nSPS) is 17.1. The summed E-state index contributed by atoms with van der Waals surface area (Å²) < 4.78 is 10.7. The summed E-state index contributed by atoms with van der Waals surface area (Å²) in [5.74, 6) is 0.447. The van der Waals surface area contributed by atoms with E-state index in [0.717, 1.165) is 44.0 Å². The smallest absolute Gasteiger partial charge is 0.342 e. The molecule has 1 aliphatic heterocycles. The van der Waals surface area contributed by atoms with E-state index in [2.05, 4.69) is 21.7 Å². The molecule has 6 nitrogen and oxygen atoms in total. The summed E-state index contributed by atoms with van der Waals surface area (Å²) in [4.78, 5) is 21.8. The average molecular weight is 371 g/mol. The number of rotatable bonds is 7. The largest absolute Gasteiger partial charge is 0.472 e. The molecule has 0 amide bonds. The Kier molecular flexibility index (Phi) is 6.16. The van der Waals surface area contributed by atoms with E-state index >= 15 is 0 Å². The van der Waals surface area contributed by atoms with E-state index in [9.17, 15) is 4.79 Å². The molecule has 6 heteroatoms. The summed E-state index contributed by atoms with van der Waals surface area (Å²) in [5.41, 5.74) is 2.68. The fourth-order valence-electron chi connectivity index (χ4n) is 3.66. The van der Waals surface area contributed by atoms with Gasteiger partial charge in [-0.2, -0.15) is 0 Å². The Morgan fingerprint density at radius 1 is 1.44 bits per heavy atom. The zero-order valence-corrected chi connectivity index (χ0v) is 16.6. The maximum atomic E-state index is 12.6. The average Bonchev–Trinajstić information content (AvgIpc) is 3.30. The van der Waals surface area contributed by atoms with Crippen molar-refractivity contribution in [3.8, 4) is 0 Å². The topological polar surface area (TPSA) is 58.8 Å². The van der Waals surface area contributed by atoms with E-state index in [-0.39, 0.29) is 12.1 Å². The molecule has 27 heavy (non-hydrogen) atoms. The van der Waals surface area contributed by atoms with E-state index in [4.69, 9.17) is 9.15 Å². The Balaban J connectivity index is 1.76. The van der Waals surface area contributed by atoms with Crippen LogP contribution in [0.2, 0.25) is 0 Å². The molecule has 3 heterocycles. The number of furan rings is 1. The molecule has 0 aliphatic carbocycles. The molecule has 1 fully saturated rings. The van der Waals surface area contributed by atoms with Gasteiger partial charge in [0.25, 0.3) is 0 Å². The quantitative estimate of drug-likeness (QED) is 0.693. The molecule has 0 N–H and O–H groups in total. The molecule has 0 spiro atoms. The second kappa shape index (κ2) is 8.57. The minimum Gasteiger partial charge on any atom is -0.472 e. The molecule has 2 aromatic heterocycles. The van der Waals surface area contributed by atoms with E-state index in [0.29, 0.717) is 11.6 Å². The van der Waals surface area contributed by atoms with Crippen molar-refractivity contribution >= 4 is 11.8 Å². The number of aryl methyl sites for hydroxylation is 1. The molecule has 0 saturated carbocycles. The first-order valence-corrected chi connectivity index (χ1v) is 9.66. The van der Waals surface area contributed by atoms with Gasteiger partial charge in [0.15, 0.2) is 0 Å². The Bertz CT molecular complexity index is 758. The molecule has 146 valence electrons. The Morgan fingerprint density at radius 3 is 2.93 bits per heavy atom. The van der Waals surface area contributed by atoms with Crippen molar-refractivity contribution in [2.24, 2.45) is 0 Å². The van der Waals surface area contributed by atoms with Crippen LogP contribution in [0.3, 0.4) is 0 Å². The summed E-state index contributed by atoms with van der Waals surface area (Å²) in [5, 5.41) is 0. The highest BCUT2D eigenvalue weighted by molar-refractivity contribution is 5.96. The molecule has 0 unspecified atom stereocenters. The van der Waals surface area contributed by atoms with Crippen LogP contribution in [0.1, 0.15) is 48.7 Å². The molecular weight excluding hydrogens is 342 g/mol. The number of ether oxygens (including phenoxy) is 1. The van der Waals surface area contributed by atoms with Gasteiger partial charge in [0.05, 0.1) is 18.6 Å². The zero-order valence-electron chi connectivity index (χ0n) is 16.6. The third-order valence-corrected chi connectivity index (χ3v) is 5.04. The van der Waals surface area contributed by atoms with E-state index in [1.807, 2.05) is 32.9 Å². The van der Waals surface area contributed by atoms with Gasteiger partial charge in [-0.05, 0) is 51.4 Å².